The highest BCUT2D eigenvalue weighted by atomic mass is 15.2. The highest BCUT2D eigenvalue weighted by Crippen LogP contribution is 2.50. The summed E-state index contributed by atoms with van der Waals surface area (Å²) < 4.78 is 0. The molecule has 0 aromatic heterocycles. The molecule has 14 rings (SSSR count). The summed E-state index contributed by atoms with van der Waals surface area (Å²) in [4.78, 5) is 5.21. The number of fused-ring (bicyclic) bond motifs is 8. The molecule has 1 heterocycles. The van der Waals surface area contributed by atoms with Crippen molar-refractivity contribution in [1.82, 2.24) is 0 Å². The van der Waals surface area contributed by atoms with Crippen molar-refractivity contribution >= 4 is 67.2 Å². The van der Waals surface area contributed by atoms with Crippen LogP contribution in [-0.4, -0.2) is 12.1 Å². The van der Waals surface area contributed by atoms with Gasteiger partial charge in [-0.05, 0) is 113 Å². The molecule has 0 radical (unpaired) electrons. The van der Waals surface area contributed by atoms with Crippen molar-refractivity contribution in [3.05, 3.63) is 277 Å². The molecule has 11 aromatic carbocycles. The Labute approximate surface area is 420 Å². The van der Waals surface area contributed by atoms with Gasteiger partial charge in [0.05, 0.1) is 23.5 Å². The molecule has 1 saturated heterocycles. The van der Waals surface area contributed by atoms with Crippen molar-refractivity contribution in [2.75, 3.05) is 9.80 Å². The summed E-state index contributed by atoms with van der Waals surface area (Å²) in [6.45, 7) is 0. The topological polar surface area (TPSA) is 6.48 Å². The first-order chi connectivity index (χ1) is 35.7. The highest BCUT2D eigenvalue weighted by Gasteiger charge is 2.46. The van der Waals surface area contributed by atoms with E-state index in [2.05, 4.69) is 289 Å². The number of hydrogen-bond donors (Lipinski definition) is 0. The Hall–Kier alpha value is -8.98. The molecule has 0 bridgehead atoms. The van der Waals surface area contributed by atoms with Crippen molar-refractivity contribution in [3.8, 4) is 44.5 Å². The maximum Gasteiger partial charge on any atom is 0.0558 e. The van der Waals surface area contributed by atoms with E-state index in [1.165, 1.54) is 81.8 Å². The van der Waals surface area contributed by atoms with Gasteiger partial charge < -0.3 is 9.80 Å². The van der Waals surface area contributed by atoms with E-state index in [4.69, 9.17) is 0 Å². The Morgan fingerprint density at radius 3 is 1.76 bits per heavy atom. The molecular weight excluding hydrogens is 869 g/mol. The summed E-state index contributed by atoms with van der Waals surface area (Å²) in [5, 5.41) is 10.1. The molecule has 2 aliphatic carbocycles. The number of benzene rings is 11. The summed E-state index contributed by atoms with van der Waals surface area (Å²) in [7, 11) is 0. The first-order valence-corrected chi connectivity index (χ1v) is 25.3. The van der Waals surface area contributed by atoms with Gasteiger partial charge >= 0.3 is 0 Å². The predicted octanol–water partition coefficient (Wildman–Crippen LogP) is 16.5. The predicted molar refractivity (Wildman–Crippen MR) is 305 cm³/mol. The van der Waals surface area contributed by atoms with Gasteiger partial charge in [-0.25, -0.2) is 0 Å². The lowest BCUT2D eigenvalue weighted by Crippen LogP contribution is -2.41. The molecule has 1 aliphatic heterocycles. The van der Waals surface area contributed by atoms with Crippen molar-refractivity contribution in [1.29, 1.82) is 0 Å². The molecular formula is C70H50N2. The lowest BCUT2D eigenvalue weighted by molar-refractivity contribution is 0.558. The molecule has 340 valence electrons. The molecule has 4 atom stereocenters. The van der Waals surface area contributed by atoms with E-state index in [1.54, 1.807) is 0 Å². The van der Waals surface area contributed by atoms with Crippen LogP contribution in [0.1, 0.15) is 0 Å². The molecule has 0 N–H and O–H groups in total. The lowest BCUT2D eigenvalue weighted by atomic mass is 9.82. The number of anilines is 4. The Morgan fingerprint density at radius 1 is 0.319 bits per heavy atom. The molecule has 0 saturated carbocycles. The van der Waals surface area contributed by atoms with Gasteiger partial charge in [0.2, 0.25) is 0 Å². The minimum Gasteiger partial charge on any atom is -0.357 e. The molecule has 72 heavy (non-hydrogen) atoms. The van der Waals surface area contributed by atoms with E-state index in [9.17, 15) is 0 Å². The Kier molecular flexibility index (Phi) is 10.2. The van der Waals surface area contributed by atoms with Gasteiger partial charge in [0.1, 0.15) is 0 Å². The van der Waals surface area contributed by atoms with Gasteiger partial charge in [-0.2, -0.15) is 0 Å². The van der Waals surface area contributed by atoms with Gasteiger partial charge in [-0.1, -0.05) is 237 Å². The van der Waals surface area contributed by atoms with Gasteiger partial charge in [0.15, 0.2) is 0 Å². The van der Waals surface area contributed by atoms with E-state index in [-0.39, 0.29) is 12.1 Å². The number of nitrogens with zero attached hydrogens (tertiary/aromatic N) is 2. The monoisotopic (exact) mass is 918 g/mol. The summed E-state index contributed by atoms with van der Waals surface area (Å²) >= 11 is 0. The third-order valence-corrected chi connectivity index (χ3v) is 15.6. The number of rotatable bonds is 8. The Morgan fingerprint density at radius 2 is 0.917 bits per heavy atom. The average molecular weight is 919 g/mol. The fourth-order valence-electron chi connectivity index (χ4n) is 12.3. The minimum absolute atomic E-state index is 0.214. The van der Waals surface area contributed by atoms with Crippen LogP contribution in [0, 0.1) is 11.8 Å². The van der Waals surface area contributed by atoms with Crippen LogP contribution in [0.2, 0.25) is 0 Å². The first-order valence-electron chi connectivity index (χ1n) is 25.3. The standard InChI is InChI=1S/C70H50N2/c1-2-19-48(20-3-1)63-44-53(58-28-12-15-34-66(58)72-68-36-17-14-32-62(68)65-43-50-22-4-5-23-51(50)46-70(65)72)39-42-69(63)71(54-40-37-49(38-41-54)56-33-18-25-47-21-6-8-26-55(47)56)67-35-16-13-31-61(67)64-45-52-24-7-9-27-57(52)59-29-10-11-30-60(59)64/h1-46,62,65,68,70H. The van der Waals surface area contributed by atoms with Crippen LogP contribution in [0.3, 0.4) is 0 Å². The molecule has 3 aliphatic rings. The second kappa shape index (κ2) is 17.5. The molecule has 11 aromatic rings. The zero-order valence-corrected chi connectivity index (χ0v) is 39.8. The maximum atomic E-state index is 2.71. The smallest absolute Gasteiger partial charge is 0.0558 e. The van der Waals surface area contributed by atoms with Crippen LogP contribution < -0.4 is 20.2 Å². The van der Waals surface area contributed by atoms with E-state index < -0.39 is 0 Å². The van der Waals surface area contributed by atoms with E-state index in [0.29, 0.717) is 11.8 Å². The van der Waals surface area contributed by atoms with Crippen molar-refractivity contribution in [3.63, 3.8) is 0 Å². The van der Waals surface area contributed by atoms with Crippen molar-refractivity contribution in [2.45, 2.75) is 12.1 Å². The second-order valence-corrected chi connectivity index (χ2v) is 19.5. The first kappa shape index (κ1) is 41.9. The molecule has 4 unspecified atom stereocenters. The minimum atomic E-state index is 0.214. The molecule has 0 amide bonds. The number of hydrogen-bond acceptors (Lipinski definition) is 2. The van der Waals surface area contributed by atoms with Crippen LogP contribution in [0.15, 0.2) is 267 Å². The zero-order valence-electron chi connectivity index (χ0n) is 39.8. The zero-order chi connectivity index (χ0) is 47.5. The molecule has 0 spiro atoms. The number of para-hydroxylation sites is 2. The summed E-state index contributed by atoms with van der Waals surface area (Å²) in [5.41, 5.74) is 14.1. The van der Waals surface area contributed by atoms with E-state index in [0.717, 1.165) is 28.2 Å². The largest absolute Gasteiger partial charge is 0.357 e. The molecule has 2 heteroatoms. The van der Waals surface area contributed by atoms with Crippen LogP contribution in [-0.2, 0) is 0 Å². The van der Waals surface area contributed by atoms with Crippen molar-refractivity contribution in [2.24, 2.45) is 11.8 Å². The normalized spacial score (nSPS) is 17.5. The van der Waals surface area contributed by atoms with E-state index >= 15 is 0 Å². The summed E-state index contributed by atoms with van der Waals surface area (Å²) in [5.74, 6) is 0.738. The number of allylic oxidation sites excluding steroid dienone is 2. The molecule has 1 fully saturated rings. The van der Waals surface area contributed by atoms with Gasteiger partial charge in [0.25, 0.3) is 0 Å². The summed E-state index contributed by atoms with van der Waals surface area (Å²) in [6, 6.07) is 90.1. The third-order valence-electron chi connectivity index (χ3n) is 15.6. The SMILES string of the molecule is C1=CC2C3C=c4ccccc4=CC3N(c3ccccc3-c3ccc(N(c4ccc(-c5cccc6ccccc56)cc4)c4ccccc4-c4cc5ccccc5c5ccccc45)c(-c4ccccc4)c3)C2C=C1. The Balaban J connectivity index is 0.976. The highest BCUT2D eigenvalue weighted by molar-refractivity contribution is 6.15. The van der Waals surface area contributed by atoms with E-state index in [1.807, 2.05) is 0 Å². The average Bonchev–Trinajstić information content (AvgIpc) is 3.77. The van der Waals surface area contributed by atoms with Gasteiger partial charge in [-0.3, -0.25) is 0 Å². The van der Waals surface area contributed by atoms with Crippen LogP contribution in [0.4, 0.5) is 22.7 Å². The summed E-state index contributed by atoms with van der Waals surface area (Å²) in [6.07, 6.45) is 14.4. The fraction of sp³-hybridized carbons (Fsp3) is 0.0571. The quantitative estimate of drug-likeness (QED) is 0.140. The van der Waals surface area contributed by atoms with Gasteiger partial charge in [-0.15, -0.1) is 0 Å². The Bertz CT molecular complexity index is 4080. The molecule has 2 nitrogen and oxygen atoms in total. The van der Waals surface area contributed by atoms with Crippen LogP contribution in [0.5, 0.6) is 0 Å². The maximum absolute atomic E-state index is 2.71. The second-order valence-electron chi connectivity index (χ2n) is 19.5. The lowest BCUT2D eigenvalue weighted by Gasteiger charge is -2.34. The fourth-order valence-corrected chi connectivity index (χ4v) is 12.3. The third kappa shape index (κ3) is 7.01. The van der Waals surface area contributed by atoms with Crippen LogP contribution >= 0.6 is 0 Å². The van der Waals surface area contributed by atoms with Crippen LogP contribution in [0.25, 0.3) is 89.0 Å². The van der Waals surface area contributed by atoms with Crippen molar-refractivity contribution < 1.29 is 0 Å². The van der Waals surface area contributed by atoms with Gasteiger partial charge in [0, 0.05) is 39.9 Å².